The topological polar surface area (TPSA) is 69.8 Å². The number of hydrogen-bond donors (Lipinski definition) is 3. The molecule has 1 aliphatic rings. The van der Waals surface area contributed by atoms with E-state index >= 15 is 0 Å². The summed E-state index contributed by atoms with van der Waals surface area (Å²) in [6.45, 7) is 3.06. The molecule has 2 heterocycles. The zero-order valence-electron chi connectivity index (χ0n) is 6.77. The summed E-state index contributed by atoms with van der Waals surface area (Å²) >= 11 is 0. The van der Waals surface area contributed by atoms with Crippen molar-refractivity contribution >= 4 is 5.69 Å². The Morgan fingerprint density at radius 2 is 2.33 bits per heavy atom. The molecule has 0 saturated carbocycles. The van der Waals surface area contributed by atoms with Crippen LogP contribution in [0.4, 0.5) is 5.69 Å². The third kappa shape index (κ3) is 1.08. The van der Waals surface area contributed by atoms with Gasteiger partial charge in [-0.15, -0.1) is 0 Å². The van der Waals surface area contributed by atoms with E-state index < -0.39 is 0 Å². The van der Waals surface area contributed by atoms with E-state index in [1.54, 1.807) is 6.92 Å². The van der Waals surface area contributed by atoms with E-state index in [1.807, 2.05) is 0 Å². The number of aromatic amines is 1. The molecular formula is C7H10N4O. The Hall–Kier alpha value is -1.36. The van der Waals surface area contributed by atoms with Crippen LogP contribution in [0.15, 0.2) is 4.79 Å². The summed E-state index contributed by atoms with van der Waals surface area (Å²) in [5, 5.41) is 6.01. The summed E-state index contributed by atoms with van der Waals surface area (Å²) in [7, 11) is 0. The summed E-state index contributed by atoms with van der Waals surface area (Å²) in [6.07, 6.45) is 0. The highest BCUT2D eigenvalue weighted by Gasteiger charge is 2.12. The van der Waals surface area contributed by atoms with Gasteiger partial charge >= 0.3 is 0 Å². The predicted molar refractivity (Wildman–Crippen MR) is 44.9 cm³/mol. The largest absolute Gasteiger partial charge is 0.366 e. The van der Waals surface area contributed by atoms with Crippen molar-refractivity contribution in [2.45, 2.75) is 13.5 Å². The summed E-state index contributed by atoms with van der Waals surface area (Å²) in [6, 6.07) is 0. The van der Waals surface area contributed by atoms with Crippen LogP contribution >= 0.6 is 0 Å². The molecule has 5 nitrogen and oxygen atoms in total. The Balaban J connectivity index is 2.60. The van der Waals surface area contributed by atoms with Crippen molar-refractivity contribution in [3.63, 3.8) is 0 Å². The number of rotatable bonds is 0. The Morgan fingerprint density at radius 3 is 3.17 bits per heavy atom. The molecule has 0 saturated heterocycles. The number of anilines is 1. The lowest BCUT2D eigenvalue weighted by molar-refractivity contribution is 0.680. The van der Waals surface area contributed by atoms with Crippen molar-refractivity contribution in [2.24, 2.45) is 0 Å². The number of hydrogen-bond acceptors (Lipinski definition) is 4. The second-order valence-electron chi connectivity index (χ2n) is 2.75. The quantitative estimate of drug-likeness (QED) is 0.488. The second kappa shape index (κ2) is 2.60. The number of aryl methyl sites for hydroxylation is 1. The number of H-pyrrole nitrogens is 1. The van der Waals surface area contributed by atoms with Gasteiger partial charge in [-0.05, 0) is 6.92 Å². The van der Waals surface area contributed by atoms with Gasteiger partial charge in [-0.1, -0.05) is 0 Å². The maximum absolute atomic E-state index is 11.3. The van der Waals surface area contributed by atoms with Crippen LogP contribution in [-0.2, 0) is 6.54 Å². The fraction of sp³-hybridized carbons (Fsp3) is 0.429. The van der Waals surface area contributed by atoms with Crippen LogP contribution in [0.2, 0.25) is 0 Å². The third-order valence-corrected chi connectivity index (χ3v) is 1.80. The molecule has 1 aromatic heterocycles. The first-order valence-corrected chi connectivity index (χ1v) is 3.82. The van der Waals surface area contributed by atoms with Crippen LogP contribution in [0.3, 0.4) is 0 Å². The zero-order valence-corrected chi connectivity index (χ0v) is 6.77. The maximum Gasteiger partial charge on any atom is 0.274 e. The summed E-state index contributed by atoms with van der Waals surface area (Å²) < 4.78 is 0. The van der Waals surface area contributed by atoms with Crippen LogP contribution in [0.25, 0.3) is 0 Å². The Bertz CT molecular complexity index is 357. The zero-order chi connectivity index (χ0) is 8.55. The van der Waals surface area contributed by atoms with Gasteiger partial charge in [0.1, 0.15) is 11.5 Å². The van der Waals surface area contributed by atoms with Crippen molar-refractivity contribution in [1.82, 2.24) is 15.3 Å². The van der Waals surface area contributed by atoms with Gasteiger partial charge in [0.25, 0.3) is 5.56 Å². The summed E-state index contributed by atoms with van der Waals surface area (Å²) in [5.41, 5.74) is 1.31. The first-order chi connectivity index (χ1) is 5.77. The van der Waals surface area contributed by atoms with E-state index in [-0.39, 0.29) is 5.56 Å². The minimum absolute atomic E-state index is 0.0843. The number of fused-ring (bicyclic) bond motifs is 1. The van der Waals surface area contributed by atoms with Crippen molar-refractivity contribution in [3.05, 3.63) is 21.9 Å². The Kier molecular flexibility index (Phi) is 1.58. The second-order valence-corrected chi connectivity index (χ2v) is 2.75. The van der Waals surface area contributed by atoms with Gasteiger partial charge in [0, 0.05) is 6.54 Å². The van der Waals surface area contributed by atoms with Gasteiger partial charge in [-0.2, -0.15) is 0 Å². The molecule has 0 unspecified atom stereocenters. The van der Waals surface area contributed by atoms with E-state index in [2.05, 4.69) is 20.6 Å². The highest BCUT2D eigenvalue weighted by atomic mass is 16.1. The fourth-order valence-electron chi connectivity index (χ4n) is 1.29. The molecular weight excluding hydrogens is 156 g/mol. The average Bonchev–Trinajstić information content (AvgIpc) is 2.04. The van der Waals surface area contributed by atoms with E-state index in [1.165, 1.54) is 0 Å². The Labute approximate surface area is 69.2 Å². The van der Waals surface area contributed by atoms with Crippen LogP contribution < -0.4 is 16.2 Å². The van der Waals surface area contributed by atoms with E-state index in [0.29, 0.717) is 24.7 Å². The monoisotopic (exact) mass is 166 g/mol. The number of nitrogens with one attached hydrogen (secondary N) is 3. The predicted octanol–water partition coefficient (Wildman–Crippen LogP) is -0.449. The molecule has 1 aliphatic heterocycles. The molecule has 0 spiro atoms. The van der Waals surface area contributed by atoms with Gasteiger partial charge in [0.2, 0.25) is 0 Å². The van der Waals surface area contributed by atoms with Crippen LogP contribution in [0, 0.1) is 6.92 Å². The molecule has 0 fully saturated rings. The van der Waals surface area contributed by atoms with Gasteiger partial charge in [0.15, 0.2) is 0 Å². The highest BCUT2D eigenvalue weighted by molar-refractivity contribution is 5.47. The van der Waals surface area contributed by atoms with E-state index in [9.17, 15) is 4.79 Å². The van der Waals surface area contributed by atoms with Crippen molar-refractivity contribution in [2.75, 3.05) is 12.0 Å². The lowest BCUT2D eigenvalue weighted by Crippen LogP contribution is -2.33. The molecule has 3 N–H and O–H groups in total. The smallest absolute Gasteiger partial charge is 0.274 e. The SMILES string of the molecule is Cc1nc2c(c(=O)[nH]1)NCNC2. The molecule has 0 atom stereocenters. The molecule has 12 heavy (non-hydrogen) atoms. The minimum Gasteiger partial charge on any atom is -0.366 e. The lowest BCUT2D eigenvalue weighted by Gasteiger charge is -2.16. The molecule has 1 aromatic rings. The number of aromatic nitrogens is 2. The van der Waals surface area contributed by atoms with Crippen molar-refractivity contribution in [1.29, 1.82) is 0 Å². The third-order valence-electron chi connectivity index (χ3n) is 1.80. The van der Waals surface area contributed by atoms with Gasteiger partial charge < -0.3 is 10.3 Å². The van der Waals surface area contributed by atoms with Gasteiger partial charge in [-0.3, -0.25) is 10.1 Å². The first-order valence-electron chi connectivity index (χ1n) is 3.82. The molecule has 64 valence electrons. The highest BCUT2D eigenvalue weighted by Crippen LogP contribution is 2.08. The van der Waals surface area contributed by atoms with Crippen LogP contribution in [-0.4, -0.2) is 16.6 Å². The van der Waals surface area contributed by atoms with Gasteiger partial charge in [-0.25, -0.2) is 4.98 Å². The van der Waals surface area contributed by atoms with Crippen molar-refractivity contribution in [3.8, 4) is 0 Å². The van der Waals surface area contributed by atoms with E-state index in [0.717, 1.165) is 5.69 Å². The van der Waals surface area contributed by atoms with Gasteiger partial charge in [0.05, 0.1) is 12.4 Å². The molecule has 0 amide bonds. The Morgan fingerprint density at radius 1 is 1.50 bits per heavy atom. The maximum atomic E-state index is 11.3. The van der Waals surface area contributed by atoms with Crippen LogP contribution in [0.5, 0.6) is 0 Å². The van der Waals surface area contributed by atoms with E-state index in [4.69, 9.17) is 0 Å². The minimum atomic E-state index is -0.0843. The molecule has 0 aromatic carbocycles. The molecule has 0 bridgehead atoms. The average molecular weight is 166 g/mol. The summed E-state index contributed by atoms with van der Waals surface area (Å²) in [5.74, 6) is 0.657. The fourth-order valence-corrected chi connectivity index (χ4v) is 1.29. The molecule has 5 heteroatoms. The molecule has 0 radical (unpaired) electrons. The molecule has 2 rings (SSSR count). The van der Waals surface area contributed by atoms with Crippen LogP contribution in [0.1, 0.15) is 11.5 Å². The number of nitrogens with zero attached hydrogens (tertiary/aromatic N) is 1. The van der Waals surface area contributed by atoms with Crippen molar-refractivity contribution < 1.29 is 0 Å². The lowest BCUT2D eigenvalue weighted by atomic mass is 10.3. The molecule has 0 aliphatic carbocycles. The summed E-state index contributed by atoms with van der Waals surface area (Å²) in [4.78, 5) is 18.1. The normalized spacial score (nSPS) is 15.1. The standard InChI is InChI=1S/C7H10N4O/c1-4-10-5-2-8-3-9-6(5)7(12)11-4/h8-9H,2-3H2,1H3,(H,10,11,12). The first kappa shape index (κ1) is 7.30.